The van der Waals surface area contributed by atoms with Crippen molar-refractivity contribution < 1.29 is 4.39 Å². The largest absolute Gasteiger partial charge is 0.368 e. The third-order valence-corrected chi connectivity index (χ3v) is 5.67. The van der Waals surface area contributed by atoms with Gasteiger partial charge in [-0.1, -0.05) is 18.2 Å². The first-order valence-corrected chi connectivity index (χ1v) is 9.84. The molecule has 4 aromatic rings. The van der Waals surface area contributed by atoms with E-state index in [0.717, 1.165) is 38.3 Å². The lowest BCUT2D eigenvalue weighted by Gasteiger charge is -2.23. The summed E-state index contributed by atoms with van der Waals surface area (Å²) in [5.74, 6) is -0.287. The molecule has 0 saturated carbocycles. The molecular formula is C22H22FN5O. The second kappa shape index (κ2) is 7.00. The topological polar surface area (TPSA) is 57.2 Å². The Hall–Kier alpha value is -3.19. The van der Waals surface area contributed by atoms with E-state index < -0.39 is 0 Å². The zero-order valence-electron chi connectivity index (χ0n) is 16.2. The van der Waals surface area contributed by atoms with Crippen molar-refractivity contribution in [3.63, 3.8) is 0 Å². The van der Waals surface area contributed by atoms with Crippen LogP contribution >= 0.6 is 0 Å². The summed E-state index contributed by atoms with van der Waals surface area (Å²) in [6.45, 7) is 3.51. The lowest BCUT2D eigenvalue weighted by atomic mass is 10.1. The number of halogens is 1. The molecule has 7 heteroatoms. The number of para-hydroxylation sites is 1. The minimum atomic E-state index is -0.287. The summed E-state index contributed by atoms with van der Waals surface area (Å²) < 4.78 is 16.6. The van der Waals surface area contributed by atoms with Gasteiger partial charge < -0.3 is 9.80 Å². The van der Waals surface area contributed by atoms with E-state index in [9.17, 15) is 4.79 Å². The van der Waals surface area contributed by atoms with Crippen molar-refractivity contribution in [1.29, 1.82) is 0 Å². The summed E-state index contributed by atoms with van der Waals surface area (Å²) in [4.78, 5) is 21.6. The number of hydrogen-bond acceptors (Lipinski definition) is 4. The van der Waals surface area contributed by atoms with Gasteiger partial charge in [-0.25, -0.2) is 9.07 Å². The number of fused-ring (bicyclic) bond motifs is 3. The monoisotopic (exact) mass is 391 g/mol. The van der Waals surface area contributed by atoms with Gasteiger partial charge >= 0.3 is 0 Å². The molecule has 29 heavy (non-hydrogen) atoms. The molecule has 0 atom stereocenters. The Morgan fingerprint density at radius 1 is 1.03 bits per heavy atom. The second-order valence-corrected chi connectivity index (χ2v) is 7.60. The number of aromatic nitrogens is 3. The van der Waals surface area contributed by atoms with E-state index in [-0.39, 0.29) is 11.4 Å². The average Bonchev–Trinajstić information content (AvgIpc) is 2.92. The van der Waals surface area contributed by atoms with E-state index in [1.807, 2.05) is 30.3 Å². The summed E-state index contributed by atoms with van der Waals surface area (Å²) in [5.41, 5.74) is 2.38. The quantitative estimate of drug-likeness (QED) is 0.570. The molecule has 1 N–H and O–H groups in total. The van der Waals surface area contributed by atoms with Gasteiger partial charge in [0.15, 0.2) is 0 Å². The van der Waals surface area contributed by atoms with Crippen LogP contribution in [0.5, 0.6) is 0 Å². The summed E-state index contributed by atoms with van der Waals surface area (Å²) in [7, 11) is 2.09. The minimum Gasteiger partial charge on any atom is -0.368 e. The molecule has 0 unspecified atom stereocenters. The van der Waals surface area contributed by atoms with Gasteiger partial charge in [0.05, 0.1) is 27.8 Å². The maximum absolute atomic E-state index is 15.1. The van der Waals surface area contributed by atoms with E-state index in [1.54, 1.807) is 12.3 Å². The highest BCUT2D eigenvalue weighted by Gasteiger charge is 2.19. The molecule has 6 nitrogen and oxygen atoms in total. The zero-order chi connectivity index (χ0) is 20.0. The molecule has 3 heterocycles. The predicted octanol–water partition coefficient (Wildman–Crippen LogP) is 3.15. The number of aromatic amines is 1. The number of H-pyrrole nitrogens is 1. The van der Waals surface area contributed by atoms with Gasteiger partial charge in [-0.3, -0.25) is 14.9 Å². The van der Waals surface area contributed by atoms with Crippen molar-refractivity contribution >= 4 is 27.5 Å². The van der Waals surface area contributed by atoms with Gasteiger partial charge in [0.25, 0.3) is 5.56 Å². The van der Waals surface area contributed by atoms with Crippen LogP contribution in [0.4, 0.5) is 10.1 Å². The minimum absolute atomic E-state index is 0.194. The first-order chi connectivity index (χ1) is 14.1. The lowest BCUT2D eigenvalue weighted by Crippen LogP contribution is -2.29. The number of likely N-dealkylation sites (N-methyl/N-ethyl adjacent to an activating group) is 1. The summed E-state index contributed by atoms with van der Waals surface area (Å²) in [6, 6.07) is 12.6. The van der Waals surface area contributed by atoms with Crippen LogP contribution in [0.2, 0.25) is 0 Å². The van der Waals surface area contributed by atoms with E-state index in [2.05, 4.69) is 26.9 Å². The second-order valence-electron chi connectivity index (χ2n) is 7.60. The number of hydrogen-bond donors (Lipinski definition) is 1. The number of pyridine rings is 1. The van der Waals surface area contributed by atoms with Crippen LogP contribution in [0.25, 0.3) is 27.5 Å². The molecule has 0 aliphatic carbocycles. The van der Waals surface area contributed by atoms with Gasteiger partial charge in [0.1, 0.15) is 5.82 Å². The highest BCUT2D eigenvalue weighted by molar-refractivity contribution is 6.03. The standard InChI is InChI=1S/C22H22FN5O/c1-26-8-5-9-27(11-10-26)20-13-19-16(12-18(20)23)21-17(14-24-19)22(29)28(25-21)15-6-3-2-4-7-15/h2-4,6-7,12-14,25H,5,8-11H2,1H3. The summed E-state index contributed by atoms with van der Waals surface area (Å²) in [6.07, 6.45) is 2.57. The highest BCUT2D eigenvalue weighted by atomic mass is 19.1. The van der Waals surface area contributed by atoms with Gasteiger partial charge in [0.2, 0.25) is 0 Å². The Balaban J connectivity index is 1.65. The number of anilines is 1. The lowest BCUT2D eigenvalue weighted by molar-refractivity contribution is 0.360. The number of nitrogens with one attached hydrogen (secondary N) is 1. The summed E-state index contributed by atoms with van der Waals surface area (Å²) >= 11 is 0. The van der Waals surface area contributed by atoms with Crippen LogP contribution in [0.1, 0.15) is 6.42 Å². The average molecular weight is 391 g/mol. The molecule has 1 saturated heterocycles. The van der Waals surface area contributed by atoms with E-state index in [4.69, 9.17) is 0 Å². The van der Waals surface area contributed by atoms with Crippen LogP contribution < -0.4 is 10.5 Å². The van der Waals surface area contributed by atoms with Crippen molar-refractivity contribution in [2.75, 3.05) is 38.1 Å². The molecule has 148 valence electrons. The number of rotatable bonds is 2. The molecule has 0 amide bonds. The maximum atomic E-state index is 15.1. The van der Waals surface area contributed by atoms with Crippen molar-refractivity contribution in [2.24, 2.45) is 0 Å². The Labute approximate surface area is 167 Å². The number of benzene rings is 2. The van der Waals surface area contributed by atoms with E-state index in [0.29, 0.717) is 27.5 Å². The van der Waals surface area contributed by atoms with E-state index in [1.165, 1.54) is 10.7 Å². The maximum Gasteiger partial charge on any atom is 0.280 e. The Morgan fingerprint density at radius 2 is 1.86 bits per heavy atom. The Kier molecular flexibility index (Phi) is 4.32. The molecule has 2 aromatic carbocycles. The van der Waals surface area contributed by atoms with Crippen LogP contribution in [-0.4, -0.2) is 52.9 Å². The fourth-order valence-corrected chi connectivity index (χ4v) is 4.06. The van der Waals surface area contributed by atoms with Crippen molar-refractivity contribution in [1.82, 2.24) is 19.7 Å². The first-order valence-electron chi connectivity index (χ1n) is 9.84. The molecule has 2 aromatic heterocycles. The van der Waals surface area contributed by atoms with Gasteiger partial charge in [-0.05, 0) is 44.3 Å². The van der Waals surface area contributed by atoms with Crippen molar-refractivity contribution in [3.05, 3.63) is 64.8 Å². The van der Waals surface area contributed by atoms with Crippen LogP contribution in [0.15, 0.2) is 53.5 Å². The van der Waals surface area contributed by atoms with Crippen LogP contribution in [0.3, 0.4) is 0 Å². The molecule has 1 aliphatic heterocycles. The molecule has 5 rings (SSSR count). The summed E-state index contributed by atoms with van der Waals surface area (Å²) in [5, 5.41) is 4.20. The highest BCUT2D eigenvalue weighted by Crippen LogP contribution is 2.29. The van der Waals surface area contributed by atoms with Gasteiger partial charge in [-0.2, -0.15) is 0 Å². The molecule has 1 fully saturated rings. The van der Waals surface area contributed by atoms with Crippen LogP contribution in [0, 0.1) is 5.82 Å². The molecule has 0 bridgehead atoms. The molecule has 1 aliphatic rings. The smallest absolute Gasteiger partial charge is 0.280 e. The third-order valence-electron chi connectivity index (χ3n) is 5.67. The van der Waals surface area contributed by atoms with E-state index >= 15 is 4.39 Å². The number of nitrogens with zero attached hydrogens (tertiary/aromatic N) is 4. The zero-order valence-corrected chi connectivity index (χ0v) is 16.2. The molecule has 0 radical (unpaired) electrons. The normalized spacial score (nSPS) is 15.9. The fraction of sp³-hybridized carbons (Fsp3) is 0.273. The van der Waals surface area contributed by atoms with Crippen LogP contribution in [-0.2, 0) is 0 Å². The predicted molar refractivity (Wildman–Crippen MR) is 113 cm³/mol. The SMILES string of the molecule is CN1CCCN(c2cc3ncc4c(=O)n(-c5ccccc5)[nH]c4c3cc2F)CC1. The third kappa shape index (κ3) is 3.07. The van der Waals surface area contributed by atoms with Gasteiger partial charge in [0, 0.05) is 31.2 Å². The van der Waals surface area contributed by atoms with Crippen molar-refractivity contribution in [2.45, 2.75) is 6.42 Å². The van der Waals surface area contributed by atoms with Gasteiger partial charge in [-0.15, -0.1) is 0 Å². The molecular weight excluding hydrogens is 369 g/mol. The van der Waals surface area contributed by atoms with Crippen molar-refractivity contribution in [3.8, 4) is 5.69 Å². The molecule has 0 spiro atoms. The Morgan fingerprint density at radius 3 is 2.69 bits per heavy atom. The first kappa shape index (κ1) is 17.9. The Bertz CT molecular complexity index is 1250. The fourth-order valence-electron chi connectivity index (χ4n) is 4.06.